The van der Waals surface area contributed by atoms with Crippen molar-refractivity contribution in [2.24, 2.45) is 14.1 Å². The smallest absolute Gasteiger partial charge is 0.332 e. The molecule has 2 aromatic heterocycles. The molecule has 0 aliphatic carbocycles. The number of aromatic nitrogens is 4. The van der Waals surface area contributed by atoms with Gasteiger partial charge in [-0.1, -0.05) is 43.2 Å². The van der Waals surface area contributed by atoms with Crippen molar-refractivity contribution in [3.05, 3.63) is 56.7 Å². The van der Waals surface area contributed by atoms with E-state index >= 15 is 0 Å². The van der Waals surface area contributed by atoms with Gasteiger partial charge < -0.3 is 9.47 Å². The van der Waals surface area contributed by atoms with Gasteiger partial charge in [0.15, 0.2) is 11.2 Å². The third-order valence-corrected chi connectivity index (χ3v) is 5.41. The molecule has 0 radical (unpaired) electrons. The molecule has 1 fully saturated rings. The molecule has 27 heavy (non-hydrogen) atoms. The third-order valence-electron chi connectivity index (χ3n) is 5.41. The molecule has 1 aliphatic heterocycles. The highest BCUT2D eigenvalue weighted by atomic mass is 16.2. The lowest BCUT2D eigenvalue weighted by Gasteiger charge is -2.20. The van der Waals surface area contributed by atoms with Crippen LogP contribution < -0.4 is 16.1 Å². The molecule has 0 unspecified atom stereocenters. The molecule has 0 saturated carbocycles. The predicted molar refractivity (Wildman–Crippen MR) is 106 cm³/mol. The largest absolute Gasteiger partial charge is 0.342 e. The minimum absolute atomic E-state index is 0.256. The van der Waals surface area contributed by atoms with E-state index in [4.69, 9.17) is 0 Å². The fraction of sp³-hybridized carbons (Fsp3) is 0.450. The average Bonchev–Trinajstić information content (AvgIpc) is 2.85. The quantitative estimate of drug-likeness (QED) is 0.709. The predicted octanol–water partition coefficient (Wildman–Crippen LogP) is 1.86. The number of anilines is 1. The molecule has 7 heteroatoms. The van der Waals surface area contributed by atoms with Gasteiger partial charge in [-0.3, -0.25) is 13.9 Å². The fourth-order valence-corrected chi connectivity index (χ4v) is 3.89. The summed E-state index contributed by atoms with van der Waals surface area (Å²) >= 11 is 0. The normalized spacial score (nSPS) is 15.3. The Morgan fingerprint density at radius 2 is 1.59 bits per heavy atom. The van der Waals surface area contributed by atoms with E-state index in [9.17, 15) is 9.59 Å². The van der Waals surface area contributed by atoms with Crippen molar-refractivity contribution in [1.82, 2.24) is 18.7 Å². The molecule has 0 spiro atoms. The van der Waals surface area contributed by atoms with E-state index in [-0.39, 0.29) is 17.8 Å². The Kier molecular flexibility index (Phi) is 4.59. The minimum atomic E-state index is -0.336. The van der Waals surface area contributed by atoms with Gasteiger partial charge in [0.2, 0.25) is 5.95 Å². The lowest BCUT2D eigenvalue weighted by Crippen LogP contribution is -2.39. The molecule has 0 atom stereocenters. The van der Waals surface area contributed by atoms with E-state index in [0.29, 0.717) is 11.2 Å². The molecule has 3 aromatic rings. The standard InChI is InChI=1S/C20H25N5O2/c1-22-16-17(21-19(22)24-12-8-3-4-9-13-24)23(2)20(27)25(18(16)26)14-15-10-6-5-7-11-15/h5-7,10-11H,3-4,8-9,12-14H2,1-2H3. The van der Waals surface area contributed by atoms with Crippen molar-refractivity contribution in [2.45, 2.75) is 32.2 Å². The number of imidazole rings is 1. The van der Waals surface area contributed by atoms with Crippen LogP contribution in [0.4, 0.5) is 5.95 Å². The Hall–Kier alpha value is -2.83. The van der Waals surface area contributed by atoms with Crippen molar-refractivity contribution in [3.63, 3.8) is 0 Å². The fourth-order valence-electron chi connectivity index (χ4n) is 3.89. The van der Waals surface area contributed by atoms with Gasteiger partial charge in [-0.05, 0) is 18.4 Å². The molecule has 4 rings (SSSR count). The lowest BCUT2D eigenvalue weighted by atomic mass is 10.2. The molecule has 1 aromatic carbocycles. The highest BCUT2D eigenvalue weighted by Crippen LogP contribution is 2.21. The van der Waals surface area contributed by atoms with Gasteiger partial charge >= 0.3 is 5.69 Å². The number of nitrogens with zero attached hydrogens (tertiary/aromatic N) is 5. The number of rotatable bonds is 3. The highest BCUT2D eigenvalue weighted by molar-refractivity contribution is 5.74. The number of hydrogen-bond donors (Lipinski definition) is 0. The van der Waals surface area contributed by atoms with E-state index in [1.165, 1.54) is 22.0 Å². The summed E-state index contributed by atoms with van der Waals surface area (Å²) in [6.07, 6.45) is 4.70. The molecule has 1 saturated heterocycles. The first-order valence-electron chi connectivity index (χ1n) is 9.53. The van der Waals surface area contributed by atoms with Gasteiger partial charge in [0.05, 0.1) is 6.54 Å². The van der Waals surface area contributed by atoms with Crippen LogP contribution in [0.5, 0.6) is 0 Å². The molecule has 142 valence electrons. The van der Waals surface area contributed by atoms with Crippen LogP contribution in [0.2, 0.25) is 0 Å². The minimum Gasteiger partial charge on any atom is -0.342 e. The van der Waals surface area contributed by atoms with E-state index in [0.717, 1.165) is 37.4 Å². The molecular weight excluding hydrogens is 342 g/mol. The number of aryl methyl sites for hydroxylation is 2. The van der Waals surface area contributed by atoms with E-state index in [2.05, 4.69) is 9.88 Å². The first kappa shape index (κ1) is 17.6. The topological polar surface area (TPSA) is 65.1 Å². The molecule has 1 aliphatic rings. The first-order valence-corrected chi connectivity index (χ1v) is 9.53. The number of hydrogen-bond acceptors (Lipinski definition) is 4. The second-order valence-corrected chi connectivity index (χ2v) is 7.26. The number of benzene rings is 1. The van der Waals surface area contributed by atoms with Crippen LogP contribution in [0.1, 0.15) is 31.2 Å². The average molecular weight is 367 g/mol. The molecule has 7 nitrogen and oxygen atoms in total. The summed E-state index contributed by atoms with van der Waals surface area (Å²) in [5.74, 6) is 0.775. The molecule has 0 amide bonds. The zero-order valence-electron chi connectivity index (χ0n) is 15.9. The summed E-state index contributed by atoms with van der Waals surface area (Å²) in [5.41, 5.74) is 1.24. The second-order valence-electron chi connectivity index (χ2n) is 7.26. The van der Waals surface area contributed by atoms with Gasteiger partial charge in [-0.25, -0.2) is 4.79 Å². The van der Waals surface area contributed by atoms with E-state index in [1.54, 1.807) is 7.05 Å². The van der Waals surface area contributed by atoms with E-state index < -0.39 is 0 Å². The monoisotopic (exact) mass is 367 g/mol. The lowest BCUT2D eigenvalue weighted by molar-refractivity contribution is 0.655. The Bertz CT molecular complexity index is 1070. The van der Waals surface area contributed by atoms with Crippen molar-refractivity contribution in [1.29, 1.82) is 0 Å². The van der Waals surface area contributed by atoms with Gasteiger partial charge in [0.25, 0.3) is 5.56 Å². The van der Waals surface area contributed by atoms with Crippen molar-refractivity contribution in [3.8, 4) is 0 Å². The Morgan fingerprint density at radius 3 is 2.26 bits per heavy atom. The summed E-state index contributed by atoms with van der Waals surface area (Å²) in [6, 6.07) is 9.57. The van der Waals surface area contributed by atoms with Crippen LogP contribution in [-0.4, -0.2) is 31.8 Å². The van der Waals surface area contributed by atoms with Crippen LogP contribution >= 0.6 is 0 Å². The van der Waals surface area contributed by atoms with Crippen LogP contribution in [0.15, 0.2) is 39.9 Å². The van der Waals surface area contributed by atoms with Crippen molar-refractivity contribution >= 4 is 17.1 Å². The summed E-state index contributed by atoms with van der Waals surface area (Å²) in [7, 11) is 3.55. The van der Waals surface area contributed by atoms with Crippen LogP contribution in [0.25, 0.3) is 11.2 Å². The maximum atomic E-state index is 13.2. The van der Waals surface area contributed by atoms with Gasteiger partial charge in [-0.2, -0.15) is 4.98 Å². The Morgan fingerprint density at radius 1 is 0.926 bits per heavy atom. The van der Waals surface area contributed by atoms with Crippen LogP contribution in [0.3, 0.4) is 0 Å². The molecule has 0 N–H and O–H groups in total. The molecular formula is C20H25N5O2. The van der Waals surface area contributed by atoms with Crippen LogP contribution in [0, 0.1) is 0 Å². The maximum Gasteiger partial charge on any atom is 0.332 e. The summed E-state index contributed by atoms with van der Waals surface area (Å²) in [6.45, 7) is 2.12. The third kappa shape index (κ3) is 3.07. The van der Waals surface area contributed by atoms with Crippen molar-refractivity contribution < 1.29 is 0 Å². The van der Waals surface area contributed by atoms with Crippen LogP contribution in [-0.2, 0) is 20.6 Å². The maximum absolute atomic E-state index is 13.2. The first-order chi connectivity index (χ1) is 13.1. The summed E-state index contributed by atoms with van der Waals surface area (Å²) in [5, 5.41) is 0. The molecule has 3 heterocycles. The van der Waals surface area contributed by atoms with Gasteiger partial charge in [0, 0.05) is 27.2 Å². The number of fused-ring (bicyclic) bond motifs is 1. The van der Waals surface area contributed by atoms with Gasteiger partial charge in [-0.15, -0.1) is 0 Å². The Labute approximate surface area is 157 Å². The zero-order valence-corrected chi connectivity index (χ0v) is 15.9. The SMILES string of the molecule is Cn1c(N2CCCCCC2)nc2c1c(=O)n(Cc1ccccc1)c(=O)n2C. The summed E-state index contributed by atoms with van der Waals surface area (Å²) in [4.78, 5) is 32.9. The van der Waals surface area contributed by atoms with Gasteiger partial charge in [0.1, 0.15) is 0 Å². The second kappa shape index (κ2) is 7.06. The molecule has 0 bridgehead atoms. The van der Waals surface area contributed by atoms with E-state index in [1.807, 2.05) is 41.9 Å². The van der Waals surface area contributed by atoms with Crippen molar-refractivity contribution in [2.75, 3.05) is 18.0 Å². The Balaban J connectivity index is 1.87. The zero-order chi connectivity index (χ0) is 19.0. The summed E-state index contributed by atoms with van der Waals surface area (Å²) < 4.78 is 4.64. The highest BCUT2D eigenvalue weighted by Gasteiger charge is 2.22.